The number of aliphatic hydroxyl groups excluding tert-OH is 5. The maximum Gasteiger partial charge on any atom is 0.338 e. The summed E-state index contributed by atoms with van der Waals surface area (Å²) in [6.07, 6.45) is 3.48. The number of carbonyl (C=O) groups excluding carboxylic acids is 2. The van der Waals surface area contributed by atoms with Gasteiger partial charge in [0, 0.05) is 18.8 Å². The van der Waals surface area contributed by atoms with Gasteiger partial charge in [0.25, 0.3) is 0 Å². The van der Waals surface area contributed by atoms with Gasteiger partial charge in [-0.3, -0.25) is 4.79 Å². The lowest BCUT2D eigenvalue weighted by Gasteiger charge is -2.58. The van der Waals surface area contributed by atoms with E-state index in [4.69, 9.17) is 9.84 Å². The Hall–Kier alpha value is -1.36. The molecule has 9 nitrogen and oxygen atoms in total. The predicted octanol–water partition coefficient (Wildman–Crippen LogP) is 3.45. The summed E-state index contributed by atoms with van der Waals surface area (Å²) in [6.45, 7) is 9.94. The van der Waals surface area contributed by atoms with Crippen LogP contribution in [0.4, 0.5) is 0 Å². The van der Waals surface area contributed by atoms with Crippen LogP contribution >= 0.6 is 0 Å². The van der Waals surface area contributed by atoms with E-state index < -0.39 is 54.6 Å². The zero-order valence-electron chi connectivity index (χ0n) is 27.5. The molecular formula is C35H58O9. The van der Waals surface area contributed by atoms with Crippen LogP contribution in [0.3, 0.4) is 0 Å². The molecule has 44 heavy (non-hydrogen) atoms. The van der Waals surface area contributed by atoms with Crippen molar-refractivity contribution in [2.75, 3.05) is 6.61 Å². The van der Waals surface area contributed by atoms with Crippen molar-refractivity contribution < 1.29 is 45.0 Å². The van der Waals surface area contributed by atoms with E-state index in [0.717, 1.165) is 51.4 Å². The van der Waals surface area contributed by atoms with Crippen molar-refractivity contribution in [3.63, 3.8) is 0 Å². The van der Waals surface area contributed by atoms with E-state index in [2.05, 4.69) is 33.8 Å². The number of Topliss-reactive ketones (excluding diaryl/α,β-unsaturated/α-hetero) is 1. The largest absolute Gasteiger partial charge is 0.460 e. The van der Waals surface area contributed by atoms with Crippen molar-refractivity contribution in [2.45, 2.75) is 148 Å². The molecule has 3 fully saturated rings. The number of ketones is 1. The molecule has 0 bridgehead atoms. The average molecular weight is 623 g/mol. The maximum atomic E-state index is 13.2. The minimum Gasteiger partial charge on any atom is -0.460 e. The van der Waals surface area contributed by atoms with Gasteiger partial charge in [-0.05, 0) is 80.0 Å². The number of hydrogen-bond donors (Lipinski definition) is 6. The van der Waals surface area contributed by atoms with Crippen LogP contribution in [0.5, 0.6) is 0 Å². The van der Waals surface area contributed by atoms with E-state index in [-0.39, 0.29) is 16.7 Å². The molecule has 0 aromatic rings. The minimum atomic E-state index is -2.13. The molecule has 0 radical (unpaired) electrons. The van der Waals surface area contributed by atoms with Crippen LogP contribution in [0, 0.1) is 40.4 Å². The summed E-state index contributed by atoms with van der Waals surface area (Å²) < 4.78 is 5.97. The van der Waals surface area contributed by atoms with Crippen LogP contribution in [0.1, 0.15) is 112 Å². The summed E-state index contributed by atoms with van der Waals surface area (Å²) in [5, 5.41) is 62.1. The van der Waals surface area contributed by atoms with E-state index in [1.165, 1.54) is 5.57 Å². The highest BCUT2D eigenvalue weighted by atomic mass is 16.6. The molecule has 4 aliphatic rings. The van der Waals surface area contributed by atoms with Crippen LogP contribution in [0.2, 0.25) is 0 Å². The predicted molar refractivity (Wildman–Crippen MR) is 165 cm³/mol. The number of hydrogen-bond acceptors (Lipinski definition) is 9. The number of esters is 1. The third-order valence-corrected chi connectivity index (χ3v) is 12.3. The summed E-state index contributed by atoms with van der Waals surface area (Å²) in [5.74, 6) is 0.255. The van der Waals surface area contributed by atoms with Gasteiger partial charge in [-0.1, -0.05) is 65.0 Å². The van der Waals surface area contributed by atoms with Crippen LogP contribution < -0.4 is 0 Å². The first kappa shape index (κ1) is 35.5. The van der Waals surface area contributed by atoms with Crippen molar-refractivity contribution in [3.05, 3.63) is 11.6 Å². The summed E-state index contributed by atoms with van der Waals surface area (Å²) >= 11 is 0. The molecule has 0 saturated heterocycles. The summed E-state index contributed by atoms with van der Waals surface area (Å²) in [5.41, 5.74) is -0.252. The third kappa shape index (κ3) is 6.84. The van der Waals surface area contributed by atoms with Gasteiger partial charge in [0.2, 0.25) is 0 Å². The summed E-state index contributed by atoms with van der Waals surface area (Å²) in [6, 6.07) is 0. The zero-order chi connectivity index (χ0) is 32.6. The Balaban J connectivity index is 1.60. The van der Waals surface area contributed by atoms with E-state index in [1.54, 1.807) is 0 Å². The highest BCUT2D eigenvalue weighted by molar-refractivity contribution is 5.82. The van der Waals surface area contributed by atoms with Gasteiger partial charge in [0.1, 0.15) is 30.2 Å². The van der Waals surface area contributed by atoms with Crippen LogP contribution in [0.25, 0.3) is 0 Å². The molecule has 252 valence electrons. The van der Waals surface area contributed by atoms with Gasteiger partial charge < -0.3 is 35.4 Å². The van der Waals surface area contributed by atoms with Crippen molar-refractivity contribution in [1.29, 1.82) is 0 Å². The fraction of sp³-hybridized carbons (Fsp3) is 0.886. The van der Waals surface area contributed by atoms with Gasteiger partial charge in [0.05, 0.1) is 12.2 Å². The summed E-state index contributed by atoms with van der Waals surface area (Å²) in [4.78, 5) is 25.6. The lowest BCUT2D eigenvalue weighted by Crippen LogP contribution is -2.54. The van der Waals surface area contributed by atoms with E-state index >= 15 is 0 Å². The molecule has 12 atom stereocenters. The smallest absolute Gasteiger partial charge is 0.338 e. The van der Waals surface area contributed by atoms with E-state index in [0.29, 0.717) is 49.2 Å². The standard InChI is InChI=1S/C35H58O9/c1-20(2)9-7-6-8-14-35(5,43)31-27(44-32(42)30(41)29(40)28(39)26(38)19-36)18-25-23-11-10-21-17-22(37)12-15-33(21,3)24(23)13-16-34(25,31)4/h10,20,23-31,36,38-41,43H,6-9,11-19H2,1-5H3. The molecule has 0 aromatic carbocycles. The molecule has 12 unspecified atom stereocenters. The molecule has 0 spiro atoms. The normalized spacial score (nSPS) is 37.6. The minimum absolute atomic E-state index is 0.0364. The van der Waals surface area contributed by atoms with E-state index in [1.807, 2.05) is 6.92 Å². The molecule has 9 heteroatoms. The second kappa shape index (κ2) is 13.8. The molecule has 0 aliphatic heterocycles. The fourth-order valence-electron chi connectivity index (χ4n) is 9.94. The van der Waals surface area contributed by atoms with E-state index in [9.17, 15) is 35.1 Å². The van der Waals surface area contributed by atoms with Gasteiger partial charge in [0.15, 0.2) is 6.10 Å². The molecular weight excluding hydrogens is 564 g/mol. The van der Waals surface area contributed by atoms with Gasteiger partial charge in [-0.25, -0.2) is 4.79 Å². The van der Waals surface area contributed by atoms with Crippen molar-refractivity contribution in [1.82, 2.24) is 0 Å². The number of fused-ring (bicyclic) bond motifs is 5. The third-order valence-electron chi connectivity index (χ3n) is 12.3. The Morgan fingerprint density at radius 2 is 1.77 bits per heavy atom. The zero-order valence-corrected chi connectivity index (χ0v) is 27.5. The molecule has 6 N–H and O–H groups in total. The lowest BCUT2D eigenvalue weighted by atomic mass is 9.46. The topological polar surface area (TPSA) is 165 Å². The lowest BCUT2D eigenvalue weighted by molar-refractivity contribution is -0.184. The van der Waals surface area contributed by atoms with Gasteiger partial charge in [-0.2, -0.15) is 0 Å². The number of carbonyl (C=O) groups is 2. The fourth-order valence-corrected chi connectivity index (χ4v) is 9.94. The molecule has 0 aromatic heterocycles. The molecule has 4 aliphatic carbocycles. The molecule has 0 heterocycles. The highest BCUT2D eigenvalue weighted by Gasteiger charge is 2.65. The van der Waals surface area contributed by atoms with Crippen LogP contribution in [-0.2, 0) is 14.3 Å². The highest BCUT2D eigenvalue weighted by Crippen LogP contribution is 2.68. The number of allylic oxidation sites excluding steroid dienone is 2. The van der Waals surface area contributed by atoms with Crippen molar-refractivity contribution in [3.8, 4) is 0 Å². The average Bonchev–Trinajstić information content (AvgIpc) is 3.27. The van der Waals surface area contributed by atoms with Gasteiger partial charge in [-0.15, -0.1) is 0 Å². The Bertz CT molecular complexity index is 1050. The van der Waals surface area contributed by atoms with Crippen LogP contribution in [0.15, 0.2) is 11.6 Å². The monoisotopic (exact) mass is 622 g/mol. The molecule has 0 amide bonds. The number of unbranched alkanes of at least 4 members (excludes halogenated alkanes) is 2. The Labute approximate surface area is 263 Å². The Kier molecular flexibility index (Phi) is 11.1. The van der Waals surface area contributed by atoms with Crippen molar-refractivity contribution in [2.24, 2.45) is 40.4 Å². The number of rotatable bonds is 13. The number of aliphatic hydroxyl groups is 6. The maximum absolute atomic E-state index is 13.2. The first-order valence-electron chi connectivity index (χ1n) is 17.0. The quantitative estimate of drug-likeness (QED) is 0.103. The Morgan fingerprint density at radius 1 is 1.07 bits per heavy atom. The first-order chi connectivity index (χ1) is 20.6. The second-order valence-corrected chi connectivity index (χ2v) is 15.7. The first-order valence-corrected chi connectivity index (χ1v) is 17.0. The number of ether oxygens (including phenoxy) is 1. The van der Waals surface area contributed by atoms with Crippen LogP contribution in [-0.4, -0.2) is 85.1 Å². The summed E-state index contributed by atoms with van der Waals surface area (Å²) in [7, 11) is 0. The van der Waals surface area contributed by atoms with Crippen molar-refractivity contribution >= 4 is 11.8 Å². The van der Waals surface area contributed by atoms with Gasteiger partial charge >= 0.3 is 5.97 Å². The molecule has 4 rings (SSSR count). The Morgan fingerprint density at radius 3 is 2.43 bits per heavy atom. The second-order valence-electron chi connectivity index (χ2n) is 15.7. The molecule has 3 saturated carbocycles. The SMILES string of the molecule is CC(C)CCCCCC(C)(O)C1C(OC(=O)C(O)C(O)C(O)C(O)CO)CC2C3CC=C4CC(=O)CCC4(C)C3CCC21C.